The SMILES string of the molecule is O=C(Cc1cnn(-c2cccc(C(=O)Cc3nc4c(s3)CCCC4)c2)c1)Nc1ccccc1Cl. The van der Waals surface area contributed by atoms with E-state index in [2.05, 4.69) is 10.4 Å². The van der Waals surface area contributed by atoms with Gasteiger partial charge in [0.15, 0.2) is 5.78 Å². The first-order valence-corrected chi connectivity index (χ1v) is 12.4. The van der Waals surface area contributed by atoms with E-state index in [1.807, 2.05) is 36.4 Å². The maximum Gasteiger partial charge on any atom is 0.228 e. The Kier molecular flexibility index (Phi) is 6.56. The number of halogens is 1. The maximum atomic E-state index is 12.9. The van der Waals surface area contributed by atoms with E-state index in [0.29, 0.717) is 22.7 Å². The highest BCUT2D eigenvalue weighted by atomic mass is 35.5. The molecular weight excluding hydrogens is 468 g/mol. The molecule has 2 aromatic carbocycles. The van der Waals surface area contributed by atoms with Crippen LogP contribution in [-0.4, -0.2) is 26.5 Å². The van der Waals surface area contributed by atoms with Crippen LogP contribution in [0.15, 0.2) is 60.9 Å². The zero-order chi connectivity index (χ0) is 23.5. The van der Waals surface area contributed by atoms with Crippen molar-refractivity contribution in [1.29, 1.82) is 0 Å². The van der Waals surface area contributed by atoms with E-state index in [1.165, 1.54) is 23.4 Å². The number of benzene rings is 2. The molecule has 0 radical (unpaired) electrons. The number of aromatic nitrogens is 3. The molecule has 6 nitrogen and oxygen atoms in total. The van der Waals surface area contributed by atoms with E-state index in [4.69, 9.17) is 16.6 Å². The number of carbonyl (C=O) groups is 2. The fraction of sp³-hybridized carbons (Fsp3) is 0.231. The van der Waals surface area contributed by atoms with Gasteiger partial charge in [-0.25, -0.2) is 9.67 Å². The Balaban J connectivity index is 1.25. The first-order valence-electron chi connectivity index (χ1n) is 11.2. The highest BCUT2D eigenvalue weighted by molar-refractivity contribution is 7.11. The van der Waals surface area contributed by atoms with Gasteiger partial charge in [-0.05, 0) is 55.5 Å². The second kappa shape index (κ2) is 9.91. The highest BCUT2D eigenvalue weighted by Crippen LogP contribution is 2.27. The van der Waals surface area contributed by atoms with Crippen LogP contribution in [0.4, 0.5) is 5.69 Å². The molecule has 1 amide bonds. The van der Waals surface area contributed by atoms with Crippen molar-refractivity contribution in [1.82, 2.24) is 14.8 Å². The van der Waals surface area contributed by atoms with Crippen molar-refractivity contribution in [2.45, 2.75) is 38.5 Å². The molecule has 1 aliphatic carbocycles. The maximum absolute atomic E-state index is 12.9. The molecule has 0 saturated heterocycles. The van der Waals surface area contributed by atoms with Gasteiger partial charge in [0.05, 0.1) is 41.1 Å². The van der Waals surface area contributed by atoms with Gasteiger partial charge in [0.1, 0.15) is 5.01 Å². The second-order valence-corrected chi connectivity index (χ2v) is 9.91. The topological polar surface area (TPSA) is 76.9 Å². The minimum Gasteiger partial charge on any atom is -0.324 e. The smallest absolute Gasteiger partial charge is 0.228 e. The van der Waals surface area contributed by atoms with Crippen LogP contribution in [0.5, 0.6) is 0 Å². The zero-order valence-electron chi connectivity index (χ0n) is 18.5. The van der Waals surface area contributed by atoms with Crippen molar-refractivity contribution in [2.75, 3.05) is 5.32 Å². The average molecular weight is 491 g/mol. The summed E-state index contributed by atoms with van der Waals surface area (Å²) in [5, 5.41) is 8.58. The van der Waals surface area contributed by atoms with Gasteiger partial charge >= 0.3 is 0 Å². The third-order valence-corrected chi connectivity index (χ3v) is 7.27. The van der Waals surface area contributed by atoms with Crippen LogP contribution < -0.4 is 5.32 Å². The lowest BCUT2D eigenvalue weighted by atomic mass is 10.0. The first-order chi connectivity index (χ1) is 16.5. The van der Waals surface area contributed by atoms with E-state index < -0.39 is 0 Å². The van der Waals surface area contributed by atoms with Crippen LogP contribution in [0.1, 0.15) is 44.3 Å². The molecule has 0 spiro atoms. The van der Waals surface area contributed by atoms with Gasteiger partial charge in [-0.3, -0.25) is 9.59 Å². The molecule has 0 saturated carbocycles. The lowest BCUT2D eigenvalue weighted by Crippen LogP contribution is -2.14. The predicted octanol–water partition coefficient (Wildman–Crippen LogP) is 5.47. The Morgan fingerprint density at radius 1 is 1.06 bits per heavy atom. The van der Waals surface area contributed by atoms with Crippen molar-refractivity contribution in [2.24, 2.45) is 0 Å². The van der Waals surface area contributed by atoms with Crippen molar-refractivity contribution in [3.63, 3.8) is 0 Å². The second-order valence-electron chi connectivity index (χ2n) is 8.33. The summed E-state index contributed by atoms with van der Waals surface area (Å²) in [4.78, 5) is 31.4. The zero-order valence-corrected chi connectivity index (χ0v) is 20.0. The molecule has 1 N–H and O–H groups in total. The molecule has 0 bridgehead atoms. The third-order valence-electron chi connectivity index (χ3n) is 5.78. The largest absolute Gasteiger partial charge is 0.324 e. The van der Waals surface area contributed by atoms with E-state index in [0.717, 1.165) is 29.1 Å². The monoisotopic (exact) mass is 490 g/mol. The van der Waals surface area contributed by atoms with Gasteiger partial charge < -0.3 is 5.32 Å². The van der Waals surface area contributed by atoms with Gasteiger partial charge in [0, 0.05) is 16.6 Å². The minimum absolute atomic E-state index is 0.0412. The van der Waals surface area contributed by atoms with E-state index in [9.17, 15) is 9.59 Å². The van der Waals surface area contributed by atoms with Crippen LogP contribution in [0.25, 0.3) is 5.69 Å². The Hall–Kier alpha value is -3.29. The summed E-state index contributed by atoms with van der Waals surface area (Å²) < 4.78 is 1.68. The molecule has 0 fully saturated rings. The number of nitrogens with zero attached hydrogens (tertiary/aromatic N) is 3. The summed E-state index contributed by atoms with van der Waals surface area (Å²) in [6.45, 7) is 0. The van der Waals surface area contributed by atoms with E-state index >= 15 is 0 Å². The van der Waals surface area contributed by atoms with Gasteiger partial charge in [0.25, 0.3) is 0 Å². The molecule has 34 heavy (non-hydrogen) atoms. The molecule has 2 aromatic heterocycles. The number of anilines is 1. The number of aryl methyl sites for hydroxylation is 2. The third kappa shape index (κ3) is 5.11. The number of Topliss-reactive ketones (excluding diaryl/α,β-unsaturated/α-hetero) is 1. The number of amides is 1. The first kappa shape index (κ1) is 22.5. The minimum atomic E-state index is -0.178. The van der Waals surface area contributed by atoms with Crippen LogP contribution in [0.2, 0.25) is 5.02 Å². The van der Waals surface area contributed by atoms with E-state index in [-0.39, 0.29) is 18.1 Å². The number of thiazole rings is 1. The fourth-order valence-corrected chi connectivity index (χ4v) is 5.42. The molecule has 172 valence electrons. The van der Waals surface area contributed by atoms with Crippen LogP contribution in [0, 0.1) is 0 Å². The number of fused-ring (bicyclic) bond motifs is 1. The van der Waals surface area contributed by atoms with Gasteiger partial charge in [-0.15, -0.1) is 11.3 Å². The van der Waals surface area contributed by atoms with Crippen LogP contribution in [-0.2, 0) is 30.5 Å². The Bertz CT molecular complexity index is 1340. The Labute approximate surface area is 206 Å². The number of rotatable bonds is 7. The Morgan fingerprint density at radius 2 is 1.91 bits per heavy atom. The van der Waals surface area contributed by atoms with Crippen LogP contribution >= 0.6 is 22.9 Å². The van der Waals surface area contributed by atoms with Gasteiger partial charge in [-0.2, -0.15) is 5.10 Å². The van der Waals surface area contributed by atoms with E-state index in [1.54, 1.807) is 40.5 Å². The quantitative estimate of drug-likeness (QED) is 0.348. The number of nitrogens with one attached hydrogen (secondary N) is 1. The normalized spacial score (nSPS) is 12.9. The van der Waals surface area contributed by atoms with Crippen molar-refractivity contribution < 1.29 is 9.59 Å². The number of ketones is 1. The van der Waals surface area contributed by atoms with Crippen molar-refractivity contribution in [3.8, 4) is 5.69 Å². The standard InChI is InChI=1S/C26H23ClN4O2S/c27-20-8-1-2-9-21(20)29-25(33)12-17-15-28-31(16-17)19-7-5-6-18(13-19)23(32)14-26-30-22-10-3-4-11-24(22)34-26/h1-2,5-9,13,15-16H,3-4,10-12,14H2,(H,29,33). The number of carbonyl (C=O) groups excluding carboxylic acids is 2. The summed E-state index contributed by atoms with van der Waals surface area (Å²) >= 11 is 7.78. The summed E-state index contributed by atoms with van der Waals surface area (Å²) in [6.07, 6.45) is 8.41. The summed E-state index contributed by atoms with van der Waals surface area (Å²) in [7, 11) is 0. The number of hydrogen-bond acceptors (Lipinski definition) is 5. The molecule has 2 heterocycles. The lowest BCUT2D eigenvalue weighted by Gasteiger charge is -2.06. The molecule has 4 aromatic rings. The summed E-state index contributed by atoms with van der Waals surface area (Å²) in [5.74, 6) is -0.137. The summed E-state index contributed by atoms with van der Waals surface area (Å²) in [5.41, 5.74) is 3.90. The number of para-hydroxylation sites is 1. The fourth-order valence-electron chi connectivity index (χ4n) is 4.08. The number of hydrogen-bond donors (Lipinski definition) is 1. The lowest BCUT2D eigenvalue weighted by molar-refractivity contribution is -0.115. The predicted molar refractivity (Wildman–Crippen MR) is 134 cm³/mol. The molecular formula is C26H23ClN4O2S. The molecule has 0 aliphatic heterocycles. The summed E-state index contributed by atoms with van der Waals surface area (Å²) in [6, 6.07) is 14.5. The average Bonchev–Trinajstić information content (AvgIpc) is 3.47. The Morgan fingerprint density at radius 3 is 2.76 bits per heavy atom. The van der Waals surface area contributed by atoms with Gasteiger partial charge in [-0.1, -0.05) is 35.9 Å². The van der Waals surface area contributed by atoms with Crippen molar-refractivity contribution in [3.05, 3.63) is 92.7 Å². The molecule has 0 atom stereocenters. The highest BCUT2D eigenvalue weighted by Gasteiger charge is 2.18. The van der Waals surface area contributed by atoms with Crippen LogP contribution in [0.3, 0.4) is 0 Å². The molecule has 8 heteroatoms. The van der Waals surface area contributed by atoms with Crippen molar-refractivity contribution >= 4 is 40.3 Å². The van der Waals surface area contributed by atoms with Gasteiger partial charge in [0.2, 0.25) is 5.91 Å². The molecule has 0 unspecified atom stereocenters. The molecule has 5 rings (SSSR count). The molecule has 1 aliphatic rings.